The standard InChI is InChI=1S/C22H23N3O7/c26-19(23-24-21(28)30-13-16-7-3-1-4-8-16)12-11-18-20(27)32-15-25(18)22(29)31-14-17-9-5-2-6-10-17/h1-10,18H,11-15H2,(H,23,26)(H,24,28)/t18-/m0/s1. The van der Waals surface area contributed by atoms with Crippen molar-refractivity contribution in [2.45, 2.75) is 32.1 Å². The predicted molar refractivity (Wildman–Crippen MR) is 110 cm³/mol. The Morgan fingerprint density at radius 2 is 1.50 bits per heavy atom. The number of nitrogens with one attached hydrogen (secondary N) is 2. The lowest BCUT2D eigenvalue weighted by Gasteiger charge is -2.19. The average Bonchev–Trinajstić information content (AvgIpc) is 3.20. The molecule has 2 aromatic rings. The number of hydrogen-bond donors (Lipinski definition) is 2. The molecule has 32 heavy (non-hydrogen) atoms. The van der Waals surface area contributed by atoms with Crippen LogP contribution in [0.2, 0.25) is 0 Å². The molecule has 1 atom stereocenters. The highest BCUT2D eigenvalue weighted by atomic mass is 16.6. The van der Waals surface area contributed by atoms with Crippen molar-refractivity contribution in [3.63, 3.8) is 0 Å². The van der Waals surface area contributed by atoms with Crippen LogP contribution in [0.5, 0.6) is 0 Å². The number of amides is 3. The number of ether oxygens (including phenoxy) is 3. The smallest absolute Gasteiger partial charge is 0.426 e. The minimum Gasteiger partial charge on any atom is -0.444 e. The van der Waals surface area contributed by atoms with Crippen LogP contribution in [0.3, 0.4) is 0 Å². The fourth-order valence-corrected chi connectivity index (χ4v) is 2.91. The van der Waals surface area contributed by atoms with Crippen LogP contribution >= 0.6 is 0 Å². The number of esters is 1. The topological polar surface area (TPSA) is 123 Å². The Bertz CT molecular complexity index is 937. The Morgan fingerprint density at radius 3 is 2.12 bits per heavy atom. The van der Waals surface area contributed by atoms with Gasteiger partial charge in [-0.1, -0.05) is 60.7 Å². The Morgan fingerprint density at radius 1 is 0.906 bits per heavy atom. The molecule has 3 rings (SSSR count). The Labute approximate surface area is 184 Å². The molecule has 2 N–H and O–H groups in total. The monoisotopic (exact) mass is 441 g/mol. The third-order valence-corrected chi connectivity index (χ3v) is 4.60. The van der Waals surface area contributed by atoms with Crippen molar-refractivity contribution < 1.29 is 33.4 Å². The van der Waals surface area contributed by atoms with Crippen LogP contribution in [0.4, 0.5) is 9.59 Å². The van der Waals surface area contributed by atoms with E-state index >= 15 is 0 Å². The van der Waals surface area contributed by atoms with E-state index < -0.39 is 30.1 Å². The molecule has 1 aliphatic heterocycles. The average molecular weight is 441 g/mol. The fourth-order valence-electron chi connectivity index (χ4n) is 2.91. The number of rotatable bonds is 7. The summed E-state index contributed by atoms with van der Waals surface area (Å²) in [5.41, 5.74) is 5.93. The number of nitrogens with zero attached hydrogens (tertiary/aromatic N) is 1. The number of hydrazine groups is 1. The van der Waals surface area contributed by atoms with Gasteiger partial charge in [-0.3, -0.25) is 15.1 Å². The van der Waals surface area contributed by atoms with Gasteiger partial charge in [0.1, 0.15) is 19.3 Å². The van der Waals surface area contributed by atoms with Gasteiger partial charge < -0.3 is 14.2 Å². The Kier molecular flexibility index (Phi) is 8.02. The summed E-state index contributed by atoms with van der Waals surface area (Å²) in [5, 5.41) is 0. The van der Waals surface area contributed by atoms with Gasteiger partial charge in [0, 0.05) is 6.42 Å². The second-order valence-electron chi connectivity index (χ2n) is 6.89. The summed E-state index contributed by atoms with van der Waals surface area (Å²) in [5.74, 6) is -1.18. The molecule has 0 aromatic heterocycles. The Balaban J connectivity index is 1.38. The molecule has 1 saturated heterocycles. The molecule has 2 aromatic carbocycles. The van der Waals surface area contributed by atoms with Crippen LogP contribution in [0.25, 0.3) is 0 Å². The highest BCUT2D eigenvalue weighted by Gasteiger charge is 2.38. The van der Waals surface area contributed by atoms with Gasteiger partial charge in [0.25, 0.3) is 0 Å². The first kappa shape index (κ1) is 22.6. The van der Waals surface area contributed by atoms with Crippen molar-refractivity contribution >= 4 is 24.1 Å². The molecule has 0 spiro atoms. The van der Waals surface area contributed by atoms with Crippen molar-refractivity contribution in [1.82, 2.24) is 15.8 Å². The first-order valence-corrected chi connectivity index (χ1v) is 9.92. The third-order valence-electron chi connectivity index (χ3n) is 4.60. The molecule has 0 unspecified atom stereocenters. The summed E-state index contributed by atoms with van der Waals surface area (Å²) in [4.78, 5) is 49.1. The second-order valence-corrected chi connectivity index (χ2v) is 6.89. The fraction of sp³-hybridized carbons (Fsp3) is 0.273. The largest absolute Gasteiger partial charge is 0.444 e. The van der Waals surface area contributed by atoms with E-state index in [0.717, 1.165) is 16.0 Å². The summed E-state index contributed by atoms with van der Waals surface area (Å²) in [7, 11) is 0. The van der Waals surface area contributed by atoms with E-state index in [1.54, 1.807) is 24.3 Å². The summed E-state index contributed by atoms with van der Waals surface area (Å²) in [6.45, 7) is -0.147. The maximum absolute atomic E-state index is 12.3. The van der Waals surface area contributed by atoms with E-state index in [4.69, 9.17) is 14.2 Å². The predicted octanol–water partition coefficient (Wildman–Crippen LogP) is 2.25. The molecule has 168 valence electrons. The lowest BCUT2D eigenvalue weighted by molar-refractivity contribution is -0.139. The maximum Gasteiger partial charge on any atom is 0.426 e. The van der Waals surface area contributed by atoms with Crippen molar-refractivity contribution in [3.05, 3.63) is 71.8 Å². The number of hydrogen-bond acceptors (Lipinski definition) is 7. The van der Waals surface area contributed by atoms with E-state index in [0.29, 0.717) is 0 Å². The van der Waals surface area contributed by atoms with E-state index in [1.165, 1.54) is 0 Å². The van der Waals surface area contributed by atoms with Crippen LogP contribution in [-0.2, 0) is 37.0 Å². The summed E-state index contributed by atoms with van der Waals surface area (Å²) < 4.78 is 15.1. The molecule has 1 fully saturated rings. The molecule has 0 aliphatic carbocycles. The zero-order valence-corrected chi connectivity index (χ0v) is 17.2. The number of benzene rings is 2. The molecule has 10 nitrogen and oxygen atoms in total. The second kappa shape index (κ2) is 11.3. The first-order chi connectivity index (χ1) is 15.5. The van der Waals surface area contributed by atoms with Crippen molar-refractivity contribution in [1.29, 1.82) is 0 Å². The third kappa shape index (κ3) is 6.73. The highest BCUT2D eigenvalue weighted by Crippen LogP contribution is 2.18. The van der Waals surface area contributed by atoms with Crippen LogP contribution in [-0.4, -0.2) is 41.7 Å². The summed E-state index contributed by atoms with van der Waals surface area (Å²) >= 11 is 0. The molecule has 3 amide bonds. The van der Waals surface area contributed by atoms with Crippen molar-refractivity contribution in [2.24, 2.45) is 0 Å². The molecule has 1 aliphatic rings. The van der Waals surface area contributed by atoms with Crippen LogP contribution < -0.4 is 10.9 Å². The summed E-state index contributed by atoms with van der Waals surface area (Å²) in [6, 6.07) is 17.2. The molecule has 10 heteroatoms. The van der Waals surface area contributed by atoms with Crippen LogP contribution in [0, 0.1) is 0 Å². The molecule has 0 saturated carbocycles. The first-order valence-electron chi connectivity index (χ1n) is 9.92. The quantitative estimate of drug-likeness (QED) is 0.384. The SMILES string of the molecule is O=C(CC[C@H]1C(=O)OCN1C(=O)OCc1ccccc1)NNC(=O)OCc1ccccc1. The van der Waals surface area contributed by atoms with E-state index in [9.17, 15) is 19.2 Å². The van der Waals surface area contributed by atoms with E-state index in [-0.39, 0.29) is 32.8 Å². The maximum atomic E-state index is 12.3. The van der Waals surface area contributed by atoms with Gasteiger partial charge in [-0.25, -0.2) is 19.8 Å². The van der Waals surface area contributed by atoms with Gasteiger partial charge in [-0.2, -0.15) is 0 Å². The number of carbonyl (C=O) groups excluding carboxylic acids is 4. The molecule has 0 bridgehead atoms. The summed E-state index contributed by atoms with van der Waals surface area (Å²) in [6.07, 6.45) is -1.67. The minimum absolute atomic E-state index is 0.00580. The van der Waals surface area contributed by atoms with Gasteiger partial charge in [-0.15, -0.1) is 0 Å². The minimum atomic E-state index is -0.950. The van der Waals surface area contributed by atoms with E-state index in [1.807, 2.05) is 36.4 Å². The van der Waals surface area contributed by atoms with Crippen molar-refractivity contribution in [3.8, 4) is 0 Å². The zero-order valence-electron chi connectivity index (χ0n) is 17.2. The van der Waals surface area contributed by atoms with Crippen LogP contribution in [0.1, 0.15) is 24.0 Å². The lowest BCUT2D eigenvalue weighted by atomic mass is 10.1. The van der Waals surface area contributed by atoms with E-state index in [2.05, 4.69) is 10.9 Å². The number of cyclic esters (lactones) is 1. The Hall–Kier alpha value is -4.08. The normalized spacial score (nSPS) is 14.9. The van der Waals surface area contributed by atoms with Gasteiger partial charge in [-0.05, 0) is 17.5 Å². The van der Waals surface area contributed by atoms with Crippen LogP contribution in [0.15, 0.2) is 60.7 Å². The molecular formula is C22H23N3O7. The van der Waals surface area contributed by atoms with Gasteiger partial charge in [0.15, 0.2) is 6.73 Å². The highest BCUT2D eigenvalue weighted by molar-refractivity contribution is 5.85. The van der Waals surface area contributed by atoms with Crippen molar-refractivity contribution in [2.75, 3.05) is 6.73 Å². The lowest BCUT2D eigenvalue weighted by Crippen LogP contribution is -2.43. The number of carbonyl (C=O) groups is 4. The van der Waals surface area contributed by atoms with Gasteiger partial charge >= 0.3 is 18.2 Å². The molecule has 1 heterocycles. The molecular weight excluding hydrogens is 418 g/mol. The van der Waals surface area contributed by atoms with Gasteiger partial charge in [0.2, 0.25) is 5.91 Å². The van der Waals surface area contributed by atoms with Gasteiger partial charge in [0.05, 0.1) is 0 Å². The zero-order chi connectivity index (χ0) is 22.8. The molecule has 0 radical (unpaired) electrons.